The monoisotopic (exact) mass is 348 g/mol. The summed E-state index contributed by atoms with van der Waals surface area (Å²) in [6, 6.07) is 4.07. The summed E-state index contributed by atoms with van der Waals surface area (Å²) in [6.45, 7) is 7.46. The number of urea groups is 1. The molecule has 130 valence electrons. The van der Waals surface area contributed by atoms with Gasteiger partial charge in [0.2, 0.25) is 0 Å². The third-order valence-corrected chi connectivity index (χ3v) is 5.21. The van der Waals surface area contributed by atoms with Crippen molar-refractivity contribution in [3.05, 3.63) is 40.6 Å². The molecule has 1 fully saturated rings. The topological polar surface area (TPSA) is 59.4 Å². The Kier molecular flexibility index (Phi) is 5.52. The van der Waals surface area contributed by atoms with Crippen LogP contribution < -0.4 is 5.32 Å². The second-order valence-corrected chi connectivity index (χ2v) is 7.22. The Labute approximate surface area is 146 Å². The number of hydrogen-bond acceptors (Lipinski definition) is 4. The van der Waals surface area contributed by atoms with E-state index in [2.05, 4.69) is 27.9 Å². The Balaban J connectivity index is 1.47. The normalized spacial score (nSPS) is 19.2. The lowest BCUT2D eigenvalue weighted by atomic mass is 10.2. The highest BCUT2D eigenvalue weighted by Gasteiger charge is 2.26. The van der Waals surface area contributed by atoms with Crippen LogP contribution in [0.5, 0.6) is 0 Å². The van der Waals surface area contributed by atoms with Crippen molar-refractivity contribution >= 4 is 17.4 Å². The number of rotatable bonds is 5. The molecule has 1 saturated heterocycles. The van der Waals surface area contributed by atoms with Gasteiger partial charge in [0.15, 0.2) is 0 Å². The third-order valence-electron chi connectivity index (χ3n) is 4.25. The van der Waals surface area contributed by atoms with Crippen LogP contribution >= 0.6 is 11.3 Å². The smallest absolute Gasteiger partial charge is 0.317 e. The molecule has 2 unspecified atom stereocenters. The minimum atomic E-state index is -0.00550. The molecule has 1 aliphatic heterocycles. The summed E-state index contributed by atoms with van der Waals surface area (Å²) >= 11 is 1.67. The molecule has 0 aromatic carbocycles. The van der Waals surface area contributed by atoms with E-state index < -0.39 is 0 Å². The van der Waals surface area contributed by atoms with Crippen LogP contribution in [0.3, 0.4) is 0 Å². The summed E-state index contributed by atoms with van der Waals surface area (Å²) in [6.07, 6.45) is 3.77. The van der Waals surface area contributed by atoms with Crippen LogP contribution in [0.1, 0.15) is 23.7 Å². The molecule has 2 atom stereocenters. The van der Waals surface area contributed by atoms with E-state index in [-0.39, 0.29) is 12.1 Å². The van der Waals surface area contributed by atoms with Gasteiger partial charge in [0.1, 0.15) is 11.9 Å². The van der Waals surface area contributed by atoms with Crippen LogP contribution in [-0.4, -0.2) is 46.7 Å². The molecule has 2 aromatic rings. The number of ether oxygens (including phenoxy) is 1. The molecule has 3 rings (SSSR count). The van der Waals surface area contributed by atoms with Crippen LogP contribution in [0, 0.1) is 12.8 Å². The molecule has 1 N–H and O–H groups in total. The number of amides is 2. The second-order valence-electron chi connectivity index (χ2n) is 6.24. The first-order valence-electron chi connectivity index (χ1n) is 8.29. The summed E-state index contributed by atoms with van der Waals surface area (Å²) < 4.78 is 7.90. The van der Waals surface area contributed by atoms with Crippen molar-refractivity contribution in [3.8, 4) is 0 Å². The third kappa shape index (κ3) is 4.15. The highest BCUT2D eigenvalue weighted by Crippen LogP contribution is 2.25. The predicted octanol–water partition coefficient (Wildman–Crippen LogP) is 2.67. The van der Waals surface area contributed by atoms with Crippen LogP contribution in [0.15, 0.2) is 29.9 Å². The van der Waals surface area contributed by atoms with Crippen molar-refractivity contribution < 1.29 is 9.53 Å². The summed E-state index contributed by atoms with van der Waals surface area (Å²) in [4.78, 5) is 19.7. The van der Waals surface area contributed by atoms with E-state index in [0.717, 1.165) is 12.4 Å². The summed E-state index contributed by atoms with van der Waals surface area (Å²) in [5, 5.41) is 5.09. The molecule has 0 radical (unpaired) electrons. The van der Waals surface area contributed by atoms with Gasteiger partial charge >= 0.3 is 6.03 Å². The predicted molar refractivity (Wildman–Crippen MR) is 94.1 cm³/mol. The minimum absolute atomic E-state index is 0.00415. The highest BCUT2D eigenvalue weighted by molar-refractivity contribution is 7.10. The van der Waals surface area contributed by atoms with Crippen LogP contribution in [-0.2, 0) is 11.3 Å². The van der Waals surface area contributed by atoms with Crippen LogP contribution in [0.25, 0.3) is 0 Å². The van der Waals surface area contributed by atoms with Gasteiger partial charge in [-0.05, 0) is 24.3 Å². The number of carbonyl (C=O) groups excluding carboxylic acids is 1. The summed E-state index contributed by atoms with van der Waals surface area (Å²) in [7, 11) is 0. The Hall–Kier alpha value is -1.86. The second kappa shape index (κ2) is 7.81. The largest absolute Gasteiger partial charge is 0.369 e. The number of nitrogens with zero attached hydrogens (tertiary/aromatic N) is 3. The quantitative estimate of drug-likeness (QED) is 0.904. The van der Waals surface area contributed by atoms with Crippen molar-refractivity contribution in [3.63, 3.8) is 0 Å². The molecular weight excluding hydrogens is 324 g/mol. The lowest BCUT2D eigenvalue weighted by Gasteiger charge is -2.32. The van der Waals surface area contributed by atoms with E-state index in [1.54, 1.807) is 17.5 Å². The van der Waals surface area contributed by atoms with Crippen molar-refractivity contribution in [2.24, 2.45) is 5.92 Å². The van der Waals surface area contributed by atoms with E-state index in [1.165, 1.54) is 4.88 Å². The Morgan fingerprint density at radius 1 is 1.58 bits per heavy atom. The lowest BCUT2D eigenvalue weighted by Crippen LogP contribution is -2.48. The zero-order valence-electron chi connectivity index (χ0n) is 14.1. The number of morpholine rings is 1. The number of carbonyl (C=O) groups is 1. The maximum absolute atomic E-state index is 12.4. The maximum atomic E-state index is 12.4. The molecule has 0 bridgehead atoms. The summed E-state index contributed by atoms with van der Waals surface area (Å²) in [5.74, 6) is 1.34. The SMILES string of the molecule is Cc1nccn1CC(C)CNC(=O)N1CCOC(c2cccs2)C1. The number of imidazole rings is 1. The summed E-state index contributed by atoms with van der Waals surface area (Å²) in [5.41, 5.74) is 0. The van der Waals surface area contributed by atoms with Gasteiger partial charge in [-0.3, -0.25) is 0 Å². The van der Waals surface area contributed by atoms with E-state index in [0.29, 0.717) is 32.2 Å². The van der Waals surface area contributed by atoms with Gasteiger partial charge in [-0.2, -0.15) is 0 Å². The highest BCUT2D eigenvalue weighted by atomic mass is 32.1. The van der Waals surface area contributed by atoms with Gasteiger partial charge in [0, 0.05) is 36.9 Å². The molecule has 2 amide bonds. The van der Waals surface area contributed by atoms with Crippen molar-refractivity contribution in [1.82, 2.24) is 19.8 Å². The fourth-order valence-corrected chi connectivity index (χ4v) is 3.62. The molecule has 0 saturated carbocycles. The first-order chi connectivity index (χ1) is 11.6. The Morgan fingerprint density at radius 3 is 3.17 bits per heavy atom. The molecule has 0 aliphatic carbocycles. The first-order valence-corrected chi connectivity index (χ1v) is 9.17. The molecule has 2 aromatic heterocycles. The number of aryl methyl sites for hydroxylation is 1. The average molecular weight is 348 g/mol. The van der Waals surface area contributed by atoms with Crippen molar-refractivity contribution in [2.45, 2.75) is 26.5 Å². The molecule has 1 aliphatic rings. The zero-order valence-corrected chi connectivity index (χ0v) is 15.0. The number of hydrogen-bond donors (Lipinski definition) is 1. The van der Waals surface area contributed by atoms with Gasteiger partial charge in [-0.25, -0.2) is 9.78 Å². The van der Waals surface area contributed by atoms with Crippen molar-refractivity contribution in [2.75, 3.05) is 26.2 Å². The molecule has 0 spiro atoms. The van der Waals surface area contributed by atoms with Crippen LogP contribution in [0.4, 0.5) is 4.79 Å². The van der Waals surface area contributed by atoms with E-state index in [4.69, 9.17) is 4.74 Å². The van der Waals surface area contributed by atoms with E-state index >= 15 is 0 Å². The van der Waals surface area contributed by atoms with Crippen LogP contribution in [0.2, 0.25) is 0 Å². The molecule has 7 heteroatoms. The molecule has 3 heterocycles. The molecule has 6 nitrogen and oxygen atoms in total. The van der Waals surface area contributed by atoms with E-state index in [1.807, 2.05) is 29.5 Å². The minimum Gasteiger partial charge on any atom is -0.369 e. The van der Waals surface area contributed by atoms with Gasteiger partial charge in [-0.1, -0.05) is 13.0 Å². The number of aromatic nitrogens is 2. The fourth-order valence-electron chi connectivity index (χ4n) is 2.85. The first kappa shape index (κ1) is 17.0. The van der Waals surface area contributed by atoms with Gasteiger partial charge in [0.25, 0.3) is 0 Å². The standard InChI is InChI=1S/C17H24N4O2S/c1-13(11-20-6-5-18-14(20)2)10-19-17(22)21-7-8-23-15(12-21)16-4-3-9-24-16/h3-6,9,13,15H,7-8,10-12H2,1-2H3,(H,19,22). The van der Waals surface area contributed by atoms with Crippen molar-refractivity contribution in [1.29, 1.82) is 0 Å². The zero-order chi connectivity index (χ0) is 16.9. The maximum Gasteiger partial charge on any atom is 0.317 e. The van der Waals surface area contributed by atoms with E-state index in [9.17, 15) is 4.79 Å². The average Bonchev–Trinajstić information content (AvgIpc) is 3.25. The number of nitrogens with one attached hydrogen (secondary N) is 1. The fraction of sp³-hybridized carbons (Fsp3) is 0.529. The van der Waals surface area contributed by atoms with Gasteiger partial charge in [-0.15, -0.1) is 11.3 Å². The molecule has 24 heavy (non-hydrogen) atoms. The lowest BCUT2D eigenvalue weighted by molar-refractivity contribution is -0.0136. The Morgan fingerprint density at radius 2 is 2.46 bits per heavy atom. The van der Waals surface area contributed by atoms with Gasteiger partial charge in [0.05, 0.1) is 13.2 Å². The Bertz CT molecular complexity index is 655. The van der Waals surface area contributed by atoms with Gasteiger partial charge < -0.3 is 19.5 Å². The molecular formula is C17H24N4O2S. The number of thiophene rings is 1.